The average Bonchev–Trinajstić information content (AvgIpc) is 2.86. The fraction of sp³-hybridized carbons (Fsp3) is 0. The van der Waals surface area contributed by atoms with Crippen LogP contribution < -0.4 is 0 Å². The highest BCUT2D eigenvalue weighted by Gasteiger charge is 2.24. The standard InChI is InChI=1S/C15H10N2O4/c18-15(19)14-13(9-5-1-3-7-11(9)16-14)10-6-2-4-8-12(10)17(20)21/h1-8,16H,(H,18,19). The predicted molar refractivity (Wildman–Crippen MR) is 77.3 cm³/mol. The number of aromatic amines is 1. The minimum absolute atomic E-state index is 0.0505. The molecule has 1 aromatic heterocycles. The summed E-state index contributed by atoms with van der Waals surface area (Å²) in [5.74, 6) is -1.15. The molecule has 2 aromatic carbocycles. The number of nitro groups is 1. The average molecular weight is 282 g/mol. The normalized spacial score (nSPS) is 10.7. The molecule has 0 unspecified atom stereocenters. The second kappa shape index (κ2) is 4.75. The van der Waals surface area contributed by atoms with Crippen LogP contribution in [0.25, 0.3) is 22.0 Å². The number of rotatable bonds is 3. The second-order valence-corrected chi connectivity index (χ2v) is 4.50. The number of carbonyl (C=O) groups is 1. The number of nitro benzene ring substituents is 1. The number of fused-ring (bicyclic) bond motifs is 1. The van der Waals surface area contributed by atoms with E-state index in [0.717, 1.165) is 0 Å². The van der Waals surface area contributed by atoms with Gasteiger partial charge in [0.2, 0.25) is 0 Å². The first-order valence-corrected chi connectivity index (χ1v) is 6.17. The lowest BCUT2D eigenvalue weighted by molar-refractivity contribution is -0.384. The Morgan fingerprint density at radius 3 is 2.48 bits per heavy atom. The molecule has 0 saturated carbocycles. The Balaban J connectivity index is 2.42. The van der Waals surface area contributed by atoms with Crippen molar-refractivity contribution in [1.29, 1.82) is 0 Å². The Labute approximate surface area is 118 Å². The molecule has 0 fully saturated rings. The SMILES string of the molecule is O=C(O)c1[nH]c2ccccc2c1-c1ccccc1[N+](=O)[O-]. The Kier molecular flexibility index (Phi) is 2.91. The molecule has 0 atom stereocenters. The zero-order valence-corrected chi connectivity index (χ0v) is 10.7. The summed E-state index contributed by atoms with van der Waals surface area (Å²) in [5, 5.41) is 21.2. The van der Waals surface area contributed by atoms with Crippen molar-refractivity contribution in [3.63, 3.8) is 0 Å². The van der Waals surface area contributed by atoms with Crippen molar-refractivity contribution in [2.45, 2.75) is 0 Å². The number of aromatic nitrogens is 1. The highest BCUT2D eigenvalue weighted by Crippen LogP contribution is 2.37. The zero-order chi connectivity index (χ0) is 15.0. The topological polar surface area (TPSA) is 96.2 Å². The quantitative estimate of drug-likeness (QED) is 0.568. The molecule has 3 rings (SSSR count). The van der Waals surface area contributed by atoms with Crippen LogP contribution in [0.2, 0.25) is 0 Å². The molecule has 6 nitrogen and oxygen atoms in total. The van der Waals surface area contributed by atoms with Crippen molar-refractivity contribution in [3.05, 3.63) is 64.3 Å². The van der Waals surface area contributed by atoms with E-state index in [9.17, 15) is 20.0 Å². The maximum atomic E-state index is 11.4. The van der Waals surface area contributed by atoms with Gasteiger partial charge >= 0.3 is 5.97 Å². The van der Waals surface area contributed by atoms with Gasteiger partial charge in [-0.3, -0.25) is 10.1 Å². The molecule has 2 N–H and O–H groups in total. The van der Waals surface area contributed by atoms with Crippen LogP contribution in [0.3, 0.4) is 0 Å². The number of para-hydroxylation sites is 2. The minimum Gasteiger partial charge on any atom is -0.477 e. The number of nitrogens with one attached hydrogen (secondary N) is 1. The predicted octanol–water partition coefficient (Wildman–Crippen LogP) is 3.44. The maximum absolute atomic E-state index is 11.4. The van der Waals surface area contributed by atoms with E-state index in [1.807, 2.05) is 0 Å². The molecule has 6 heteroatoms. The largest absolute Gasteiger partial charge is 0.477 e. The van der Waals surface area contributed by atoms with E-state index >= 15 is 0 Å². The summed E-state index contributed by atoms with van der Waals surface area (Å²) >= 11 is 0. The number of aromatic carboxylic acids is 1. The molecule has 0 spiro atoms. The van der Waals surface area contributed by atoms with Crippen LogP contribution in [0.5, 0.6) is 0 Å². The Morgan fingerprint density at radius 1 is 1.10 bits per heavy atom. The molecule has 0 saturated heterocycles. The smallest absolute Gasteiger partial charge is 0.352 e. The van der Waals surface area contributed by atoms with Crippen LogP contribution in [0, 0.1) is 10.1 Å². The van der Waals surface area contributed by atoms with Crippen LogP contribution in [-0.4, -0.2) is 21.0 Å². The van der Waals surface area contributed by atoms with Gasteiger partial charge in [-0.15, -0.1) is 0 Å². The van der Waals surface area contributed by atoms with Crippen LogP contribution in [0.15, 0.2) is 48.5 Å². The second-order valence-electron chi connectivity index (χ2n) is 4.50. The van der Waals surface area contributed by atoms with Crippen molar-refractivity contribution < 1.29 is 14.8 Å². The van der Waals surface area contributed by atoms with Crippen LogP contribution >= 0.6 is 0 Å². The van der Waals surface area contributed by atoms with E-state index in [4.69, 9.17) is 0 Å². The lowest BCUT2D eigenvalue weighted by Crippen LogP contribution is -2.00. The van der Waals surface area contributed by atoms with Crippen LogP contribution in [0.1, 0.15) is 10.5 Å². The van der Waals surface area contributed by atoms with E-state index in [1.54, 1.807) is 42.5 Å². The Bertz CT molecular complexity index is 867. The first-order chi connectivity index (χ1) is 10.1. The number of carboxylic acids is 1. The van der Waals surface area contributed by atoms with Crippen molar-refractivity contribution in [1.82, 2.24) is 4.98 Å². The summed E-state index contributed by atoms with van der Waals surface area (Å²) in [5.41, 5.74) is 1.08. The zero-order valence-electron chi connectivity index (χ0n) is 10.7. The molecule has 0 radical (unpaired) electrons. The molecule has 0 aliphatic rings. The van der Waals surface area contributed by atoms with Gasteiger partial charge in [0.05, 0.1) is 10.5 Å². The fourth-order valence-electron chi connectivity index (χ4n) is 2.43. The summed E-state index contributed by atoms with van der Waals surface area (Å²) in [6.07, 6.45) is 0. The Hall–Kier alpha value is -3.15. The number of H-pyrrole nitrogens is 1. The van der Waals surface area contributed by atoms with Gasteiger partial charge in [-0.2, -0.15) is 0 Å². The van der Waals surface area contributed by atoms with Gasteiger partial charge in [0.25, 0.3) is 5.69 Å². The van der Waals surface area contributed by atoms with Crippen molar-refractivity contribution in [3.8, 4) is 11.1 Å². The molecule has 0 amide bonds. The molecule has 104 valence electrons. The van der Waals surface area contributed by atoms with Crippen molar-refractivity contribution in [2.75, 3.05) is 0 Å². The van der Waals surface area contributed by atoms with Gasteiger partial charge in [0, 0.05) is 22.5 Å². The third-order valence-corrected chi connectivity index (χ3v) is 3.29. The number of benzene rings is 2. The van der Waals surface area contributed by atoms with Gasteiger partial charge in [0.15, 0.2) is 0 Å². The van der Waals surface area contributed by atoms with Gasteiger partial charge in [0.1, 0.15) is 5.69 Å². The van der Waals surface area contributed by atoms with Crippen molar-refractivity contribution in [2.24, 2.45) is 0 Å². The maximum Gasteiger partial charge on any atom is 0.352 e. The molecule has 0 aliphatic heterocycles. The molecular weight excluding hydrogens is 272 g/mol. The highest BCUT2D eigenvalue weighted by atomic mass is 16.6. The summed E-state index contributed by atoms with van der Waals surface area (Å²) in [4.78, 5) is 24.9. The third-order valence-electron chi connectivity index (χ3n) is 3.29. The van der Waals surface area contributed by atoms with Crippen molar-refractivity contribution >= 4 is 22.6 Å². The van der Waals surface area contributed by atoms with E-state index in [-0.39, 0.29) is 16.9 Å². The molecule has 1 heterocycles. The molecular formula is C15H10N2O4. The van der Waals surface area contributed by atoms with Crippen LogP contribution in [0.4, 0.5) is 5.69 Å². The minimum atomic E-state index is -1.15. The van der Waals surface area contributed by atoms with Gasteiger partial charge in [-0.05, 0) is 12.1 Å². The molecule has 0 bridgehead atoms. The van der Waals surface area contributed by atoms with E-state index < -0.39 is 10.9 Å². The highest BCUT2D eigenvalue weighted by molar-refractivity contribution is 6.08. The molecule has 3 aromatic rings. The van der Waals surface area contributed by atoms with Gasteiger partial charge in [-0.25, -0.2) is 4.79 Å². The summed E-state index contributed by atoms with van der Waals surface area (Å²) in [6, 6.07) is 13.1. The number of hydrogen-bond donors (Lipinski definition) is 2. The first kappa shape index (κ1) is 12.9. The van der Waals surface area contributed by atoms with Gasteiger partial charge in [-0.1, -0.05) is 30.3 Å². The summed E-state index contributed by atoms with van der Waals surface area (Å²) in [6.45, 7) is 0. The lowest BCUT2D eigenvalue weighted by Gasteiger charge is -2.03. The summed E-state index contributed by atoms with van der Waals surface area (Å²) in [7, 11) is 0. The van der Waals surface area contributed by atoms with E-state index in [1.165, 1.54) is 6.07 Å². The number of carboxylic acid groups (broad SMARTS) is 1. The summed E-state index contributed by atoms with van der Waals surface area (Å²) < 4.78 is 0. The molecule has 0 aliphatic carbocycles. The monoisotopic (exact) mass is 282 g/mol. The number of hydrogen-bond acceptors (Lipinski definition) is 3. The Morgan fingerprint density at radius 2 is 1.76 bits per heavy atom. The van der Waals surface area contributed by atoms with Crippen LogP contribution in [-0.2, 0) is 0 Å². The first-order valence-electron chi connectivity index (χ1n) is 6.17. The lowest BCUT2D eigenvalue weighted by atomic mass is 10.00. The van der Waals surface area contributed by atoms with E-state index in [2.05, 4.69) is 4.98 Å². The number of nitrogens with zero attached hydrogens (tertiary/aromatic N) is 1. The van der Waals surface area contributed by atoms with Gasteiger partial charge < -0.3 is 10.1 Å². The fourth-order valence-corrected chi connectivity index (χ4v) is 2.43. The molecule has 21 heavy (non-hydrogen) atoms. The van der Waals surface area contributed by atoms with E-state index in [0.29, 0.717) is 16.5 Å². The third kappa shape index (κ3) is 2.02.